The lowest BCUT2D eigenvalue weighted by molar-refractivity contribution is -0.122. The predicted molar refractivity (Wildman–Crippen MR) is 176 cm³/mol. The van der Waals surface area contributed by atoms with Gasteiger partial charge >= 0.3 is 0 Å². The molecule has 0 aliphatic carbocycles. The first-order valence-electron chi connectivity index (χ1n) is 13.0. The number of sulfone groups is 1. The van der Waals surface area contributed by atoms with Crippen LogP contribution in [0, 0.1) is 19.3 Å². The summed E-state index contributed by atoms with van der Waals surface area (Å²) < 4.78 is 57.5. The standard InChI is InChI=1S/C32H27ClINO5S2/c1-21-8-16-25(17-9-21)41(37,38)20-32(3)29(30(34)23-12-14-24(33)15-13-23)27-6-4-5-7-28(27)35(31(32)36)42(39,40)26-18-10-22(2)11-19-26/h4-19H,20H2,1-3H3/b30-29-. The van der Waals surface area contributed by atoms with E-state index in [1.165, 1.54) is 31.2 Å². The lowest BCUT2D eigenvalue weighted by Crippen LogP contribution is -2.52. The van der Waals surface area contributed by atoms with Crippen LogP contribution in [0.3, 0.4) is 0 Å². The molecular weight excluding hydrogens is 705 g/mol. The van der Waals surface area contributed by atoms with E-state index in [2.05, 4.69) is 22.6 Å². The van der Waals surface area contributed by atoms with Crippen molar-refractivity contribution in [3.8, 4) is 0 Å². The molecule has 1 amide bonds. The van der Waals surface area contributed by atoms with Crippen molar-refractivity contribution in [1.82, 2.24) is 0 Å². The molecule has 1 heterocycles. The molecule has 1 aliphatic rings. The highest BCUT2D eigenvalue weighted by Crippen LogP contribution is 2.53. The van der Waals surface area contributed by atoms with Crippen molar-refractivity contribution in [1.29, 1.82) is 0 Å². The normalized spacial score (nSPS) is 18.5. The Kier molecular flexibility index (Phi) is 8.17. The molecule has 5 rings (SSSR count). The van der Waals surface area contributed by atoms with Gasteiger partial charge in [0.2, 0.25) is 0 Å². The number of rotatable bonds is 6. The third kappa shape index (κ3) is 5.43. The molecule has 4 aromatic rings. The van der Waals surface area contributed by atoms with E-state index in [-0.39, 0.29) is 15.5 Å². The van der Waals surface area contributed by atoms with Gasteiger partial charge in [0.25, 0.3) is 15.9 Å². The second kappa shape index (κ2) is 11.3. The number of fused-ring (bicyclic) bond motifs is 1. The van der Waals surface area contributed by atoms with Crippen LogP contribution in [0.2, 0.25) is 5.02 Å². The van der Waals surface area contributed by atoms with Gasteiger partial charge in [-0.3, -0.25) is 4.79 Å². The van der Waals surface area contributed by atoms with Gasteiger partial charge in [-0.25, -0.2) is 21.1 Å². The van der Waals surface area contributed by atoms with E-state index < -0.39 is 36.9 Å². The number of carbonyl (C=O) groups excluding carboxylic acids is 1. The molecule has 0 saturated carbocycles. The summed E-state index contributed by atoms with van der Waals surface area (Å²) in [5.41, 5.74) is 1.71. The number of sulfonamides is 1. The highest BCUT2D eigenvalue weighted by Gasteiger charge is 2.53. The zero-order valence-corrected chi connectivity index (χ0v) is 27.6. The summed E-state index contributed by atoms with van der Waals surface area (Å²) in [5.74, 6) is -1.50. The number of benzene rings is 4. The Morgan fingerprint density at radius 3 is 1.88 bits per heavy atom. The van der Waals surface area contributed by atoms with Crippen LogP contribution in [0.25, 0.3) is 9.15 Å². The van der Waals surface area contributed by atoms with Crippen LogP contribution in [0.4, 0.5) is 5.69 Å². The molecule has 0 radical (unpaired) electrons. The third-order valence-corrected chi connectivity index (χ3v) is 12.4. The lowest BCUT2D eigenvalue weighted by atomic mass is 9.75. The number of hydrogen-bond donors (Lipinski definition) is 0. The van der Waals surface area contributed by atoms with Gasteiger partial charge in [0.15, 0.2) is 9.84 Å². The lowest BCUT2D eigenvalue weighted by Gasteiger charge is -2.42. The summed E-state index contributed by atoms with van der Waals surface area (Å²) in [6, 6.07) is 26.3. The fourth-order valence-electron chi connectivity index (χ4n) is 5.10. The Morgan fingerprint density at radius 2 is 1.31 bits per heavy atom. The Morgan fingerprint density at radius 1 is 0.786 bits per heavy atom. The van der Waals surface area contributed by atoms with Crippen molar-refractivity contribution >= 4 is 74.8 Å². The van der Waals surface area contributed by atoms with Gasteiger partial charge in [-0.05, 0) is 97.0 Å². The molecule has 0 bridgehead atoms. The van der Waals surface area contributed by atoms with Crippen LogP contribution in [0.1, 0.15) is 29.2 Å². The first-order chi connectivity index (χ1) is 19.8. The van der Waals surface area contributed by atoms with Gasteiger partial charge in [0.05, 0.1) is 26.6 Å². The molecule has 4 aromatic carbocycles. The quantitative estimate of drug-likeness (QED) is 0.192. The van der Waals surface area contributed by atoms with Crippen LogP contribution in [0.5, 0.6) is 0 Å². The summed E-state index contributed by atoms with van der Waals surface area (Å²) in [4.78, 5) is 14.7. The largest absolute Gasteiger partial charge is 0.272 e. The summed E-state index contributed by atoms with van der Waals surface area (Å²) in [5, 5.41) is 0.521. The molecule has 6 nitrogen and oxygen atoms in total. The van der Waals surface area contributed by atoms with Gasteiger partial charge < -0.3 is 0 Å². The van der Waals surface area contributed by atoms with Gasteiger partial charge in [-0.15, -0.1) is 0 Å². The Bertz CT molecular complexity index is 1940. The number of carbonyl (C=O) groups is 1. The van der Waals surface area contributed by atoms with Gasteiger partial charge in [-0.1, -0.05) is 77.3 Å². The average molecular weight is 732 g/mol. The fraction of sp³-hybridized carbons (Fsp3) is 0.156. The zero-order valence-electron chi connectivity index (χ0n) is 23.0. The highest BCUT2D eigenvalue weighted by molar-refractivity contribution is 14.1. The second-order valence-corrected chi connectivity index (χ2v) is 15.8. The van der Waals surface area contributed by atoms with Crippen LogP contribution < -0.4 is 4.31 Å². The molecule has 0 saturated heterocycles. The molecule has 10 heteroatoms. The average Bonchev–Trinajstić information content (AvgIpc) is 2.94. The van der Waals surface area contributed by atoms with Crippen molar-refractivity contribution in [3.05, 3.63) is 124 Å². The predicted octanol–water partition coefficient (Wildman–Crippen LogP) is 7.48. The van der Waals surface area contributed by atoms with Crippen molar-refractivity contribution < 1.29 is 21.6 Å². The highest BCUT2D eigenvalue weighted by atomic mass is 127. The summed E-state index contributed by atoms with van der Waals surface area (Å²) in [7, 11) is -8.48. The summed E-state index contributed by atoms with van der Waals surface area (Å²) in [6.07, 6.45) is 0. The molecule has 1 atom stereocenters. The Labute approximate surface area is 265 Å². The number of nitrogens with zero attached hydrogens (tertiary/aromatic N) is 1. The van der Waals surface area contributed by atoms with Gasteiger partial charge in [0.1, 0.15) is 0 Å². The minimum Gasteiger partial charge on any atom is -0.272 e. The molecule has 216 valence electrons. The molecule has 1 unspecified atom stereocenters. The van der Waals surface area contributed by atoms with E-state index in [0.29, 0.717) is 25.3 Å². The van der Waals surface area contributed by atoms with Gasteiger partial charge in [0, 0.05) is 14.2 Å². The van der Waals surface area contributed by atoms with Crippen molar-refractivity contribution in [2.45, 2.75) is 30.6 Å². The molecule has 0 spiro atoms. The van der Waals surface area contributed by atoms with E-state index in [1.54, 1.807) is 72.8 Å². The first kappa shape index (κ1) is 30.5. The minimum atomic E-state index is -4.41. The first-order valence-corrected chi connectivity index (χ1v) is 17.5. The third-order valence-electron chi connectivity index (χ3n) is 7.34. The number of aryl methyl sites for hydroxylation is 2. The number of amides is 1. The molecule has 0 fully saturated rings. The summed E-state index contributed by atoms with van der Waals surface area (Å²) >= 11 is 8.25. The maximum atomic E-state index is 14.7. The number of anilines is 1. The van der Waals surface area contributed by atoms with Crippen LogP contribution in [0.15, 0.2) is 107 Å². The topological polar surface area (TPSA) is 88.6 Å². The number of halogens is 2. The van der Waals surface area contributed by atoms with E-state index >= 15 is 0 Å². The maximum Gasteiger partial charge on any atom is 0.270 e. The van der Waals surface area contributed by atoms with E-state index in [4.69, 9.17) is 11.6 Å². The molecule has 1 aliphatic heterocycles. The second-order valence-electron chi connectivity index (χ2n) is 10.5. The van der Waals surface area contributed by atoms with Crippen molar-refractivity contribution in [3.63, 3.8) is 0 Å². The van der Waals surface area contributed by atoms with Gasteiger partial charge in [-0.2, -0.15) is 0 Å². The van der Waals surface area contributed by atoms with E-state index in [9.17, 15) is 21.6 Å². The molecule has 0 aromatic heterocycles. The van der Waals surface area contributed by atoms with Crippen LogP contribution in [-0.2, 0) is 24.7 Å². The summed E-state index contributed by atoms with van der Waals surface area (Å²) in [6.45, 7) is 5.20. The fourth-order valence-corrected chi connectivity index (χ4v) is 9.74. The van der Waals surface area contributed by atoms with Crippen LogP contribution >= 0.6 is 34.2 Å². The molecule has 42 heavy (non-hydrogen) atoms. The maximum absolute atomic E-state index is 14.7. The zero-order chi connectivity index (χ0) is 30.4. The molecular formula is C32H27ClINO5S2. The van der Waals surface area contributed by atoms with Crippen LogP contribution in [-0.4, -0.2) is 28.5 Å². The Hall–Kier alpha value is -2.99. The SMILES string of the molecule is Cc1ccc(S(=O)(=O)CC2(C)C(=O)N(S(=O)(=O)c3ccc(C)cc3)c3ccccc3/C2=C(/I)c2ccc(Cl)cc2)cc1. The number of para-hydroxylation sites is 1. The monoisotopic (exact) mass is 731 g/mol. The minimum absolute atomic E-state index is 0.0507. The van der Waals surface area contributed by atoms with E-state index in [0.717, 1.165) is 15.4 Å². The number of hydrogen-bond acceptors (Lipinski definition) is 5. The van der Waals surface area contributed by atoms with Crippen molar-refractivity contribution in [2.75, 3.05) is 10.1 Å². The van der Waals surface area contributed by atoms with Crippen molar-refractivity contribution in [2.24, 2.45) is 5.41 Å². The Balaban J connectivity index is 1.81. The molecule has 0 N–H and O–H groups in total. The van der Waals surface area contributed by atoms with E-state index in [1.807, 2.05) is 13.8 Å². The smallest absolute Gasteiger partial charge is 0.270 e.